The molecule has 0 spiro atoms. The number of hydrogen-bond donors (Lipinski definition) is 3. The van der Waals surface area contributed by atoms with Crippen molar-refractivity contribution in [3.63, 3.8) is 0 Å². The normalized spacial score (nSPS) is 18.9. The third kappa shape index (κ3) is 5.04. The fourth-order valence-electron chi connectivity index (χ4n) is 1.42. The van der Waals surface area contributed by atoms with E-state index in [1.807, 2.05) is 20.8 Å². The molecule has 6 heteroatoms. The molecule has 0 radical (unpaired) electrons. The van der Waals surface area contributed by atoms with Gasteiger partial charge in [-0.05, 0) is 39.5 Å². The number of ether oxygens (including phenoxy) is 1. The van der Waals surface area contributed by atoms with Gasteiger partial charge in [-0.3, -0.25) is 4.79 Å². The van der Waals surface area contributed by atoms with Crippen molar-refractivity contribution < 1.29 is 14.7 Å². The van der Waals surface area contributed by atoms with Gasteiger partial charge < -0.3 is 21.0 Å². The van der Waals surface area contributed by atoms with Crippen molar-refractivity contribution in [3.05, 3.63) is 0 Å². The number of hydrogen-bond acceptors (Lipinski definition) is 4. The molecule has 4 N–H and O–H groups in total. The monoisotopic (exact) mass is 243 g/mol. The van der Waals surface area contributed by atoms with E-state index < -0.39 is 0 Å². The summed E-state index contributed by atoms with van der Waals surface area (Å²) in [6.07, 6.45) is 1.97. The molecule has 0 aromatic carbocycles. The molecule has 1 fully saturated rings. The summed E-state index contributed by atoms with van der Waals surface area (Å²) in [5.41, 5.74) is 5.17. The number of nitrogens with one attached hydrogen (secondary N) is 1. The van der Waals surface area contributed by atoms with E-state index in [2.05, 4.69) is 10.5 Å². The highest BCUT2D eigenvalue weighted by atomic mass is 16.5. The molecule has 17 heavy (non-hydrogen) atoms. The molecule has 1 aliphatic carbocycles. The zero-order chi connectivity index (χ0) is 13.1. The van der Waals surface area contributed by atoms with Gasteiger partial charge in [-0.15, -0.1) is 0 Å². The molecule has 0 aromatic rings. The van der Waals surface area contributed by atoms with Crippen LogP contribution in [0, 0.1) is 5.92 Å². The van der Waals surface area contributed by atoms with Crippen LogP contribution in [0.4, 0.5) is 0 Å². The number of carbonyl (C=O) groups is 1. The maximum atomic E-state index is 11.6. The Labute approximate surface area is 101 Å². The first-order chi connectivity index (χ1) is 7.83. The number of nitrogens with zero attached hydrogens (tertiary/aromatic N) is 1. The van der Waals surface area contributed by atoms with Crippen LogP contribution in [0.1, 0.15) is 33.6 Å². The molecule has 1 aliphatic rings. The van der Waals surface area contributed by atoms with Gasteiger partial charge in [0.15, 0.2) is 5.84 Å². The molecule has 1 rings (SSSR count). The Morgan fingerprint density at radius 2 is 2.18 bits per heavy atom. The van der Waals surface area contributed by atoms with Crippen LogP contribution in [-0.2, 0) is 9.53 Å². The Bertz CT molecular complexity index is 306. The quantitative estimate of drug-likeness (QED) is 0.282. The lowest BCUT2D eigenvalue weighted by Crippen LogP contribution is -2.47. The van der Waals surface area contributed by atoms with Crippen molar-refractivity contribution in [3.8, 4) is 0 Å². The Balaban J connectivity index is 2.42. The van der Waals surface area contributed by atoms with E-state index in [4.69, 9.17) is 15.7 Å². The minimum absolute atomic E-state index is 0.0224. The van der Waals surface area contributed by atoms with Gasteiger partial charge in [0.1, 0.15) is 6.61 Å². The Morgan fingerprint density at radius 1 is 1.59 bits per heavy atom. The van der Waals surface area contributed by atoms with Crippen LogP contribution in [0.3, 0.4) is 0 Å². The van der Waals surface area contributed by atoms with E-state index >= 15 is 0 Å². The first kappa shape index (κ1) is 13.8. The van der Waals surface area contributed by atoms with Gasteiger partial charge in [-0.25, -0.2) is 0 Å². The van der Waals surface area contributed by atoms with Crippen LogP contribution in [0.2, 0.25) is 0 Å². The van der Waals surface area contributed by atoms with Crippen molar-refractivity contribution in [2.45, 2.75) is 45.3 Å². The first-order valence-corrected chi connectivity index (χ1v) is 5.74. The van der Waals surface area contributed by atoms with Gasteiger partial charge >= 0.3 is 0 Å². The number of rotatable bonds is 5. The summed E-state index contributed by atoms with van der Waals surface area (Å²) < 4.78 is 5.35. The van der Waals surface area contributed by atoms with Gasteiger partial charge in [0.05, 0.1) is 11.6 Å². The number of nitrogens with two attached hydrogens (primary N) is 1. The zero-order valence-corrected chi connectivity index (χ0v) is 10.6. The van der Waals surface area contributed by atoms with E-state index in [0.29, 0.717) is 0 Å². The third-order valence-electron chi connectivity index (χ3n) is 2.48. The summed E-state index contributed by atoms with van der Waals surface area (Å²) in [6.45, 7) is 5.61. The summed E-state index contributed by atoms with van der Waals surface area (Å²) in [5.74, 6) is 0.0875. The molecule has 0 heterocycles. The van der Waals surface area contributed by atoms with Crippen LogP contribution >= 0.6 is 0 Å². The highest BCUT2D eigenvalue weighted by Gasteiger charge is 2.35. The summed E-state index contributed by atoms with van der Waals surface area (Å²) in [7, 11) is 0. The van der Waals surface area contributed by atoms with Crippen molar-refractivity contribution in [2.75, 3.05) is 6.61 Å². The topological polar surface area (TPSA) is 96.9 Å². The lowest BCUT2D eigenvalue weighted by atomic mass is 10.1. The van der Waals surface area contributed by atoms with Gasteiger partial charge in [0, 0.05) is 0 Å². The van der Waals surface area contributed by atoms with Crippen molar-refractivity contribution >= 4 is 11.7 Å². The second-order valence-electron chi connectivity index (χ2n) is 5.31. The number of oxime groups is 1. The molecule has 98 valence electrons. The van der Waals surface area contributed by atoms with Crippen molar-refractivity contribution in [1.29, 1.82) is 0 Å². The van der Waals surface area contributed by atoms with Crippen LogP contribution in [0.25, 0.3) is 0 Å². The third-order valence-corrected chi connectivity index (χ3v) is 2.48. The molecule has 1 unspecified atom stereocenters. The van der Waals surface area contributed by atoms with E-state index in [1.165, 1.54) is 0 Å². The van der Waals surface area contributed by atoms with Crippen molar-refractivity contribution in [1.82, 2.24) is 5.32 Å². The number of carbonyl (C=O) groups excluding carboxylic acids is 1. The largest absolute Gasteiger partial charge is 0.409 e. The summed E-state index contributed by atoms with van der Waals surface area (Å²) in [5, 5.41) is 14.3. The summed E-state index contributed by atoms with van der Waals surface area (Å²) in [4.78, 5) is 11.6. The lowest BCUT2D eigenvalue weighted by molar-refractivity contribution is -0.130. The van der Waals surface area contributed by atoms with Gasteiger partial charge in [0.2, 0.25) is 5.91 Å². The molecular weight excluding hydrogens is 222 g/mol. The highest BCUT2D eigenvalue weighted by Crippen LogP contribution is 2.32. The Kier molecular flexibility index (Phi) is 4.34. The lowest BCUT2D eigenvalue weighted by Gasteiger charge is -2.21. The van der Waals surface area contributed by atoms with Crippen LogP contribution < -0.4 is 11.1 Å². The van der Waals surface area contributed by atoms with Gasteiger partial charge in [-0.1, -0.05) is 5.16 Å². The highest BCUT2D eigenvalue weighted by molar-refractivity contribution is 5.90. The molecule has 0 aromatic heterocycles. The molecule has 1 saturated carbocycles. The van der Waals surface area contributed by atoms with E-state index in [9.17, 15) is 4.79 Å². The van der Waals surface area contributed by atoms with Gasteiger partial charge in [-0.2, -0.15) is 0 Å². The van der Waals surface area contributed by atoms with E-state index in [-0.39, 0.29) is 35.9 Å². The Morgan fingerprint density at radius 3 is 2.59 bits per heavy atom. The summed E-state index contributed by atoms with van der Waals surface area (Å²) >= 11 is 0. The minimum Gasteiger partial charge on any atom is -0.409 e. The average molecular weight is 243 g/mol. The second-order valence-corrected chi connectivity index (χ2v) is 5.31. The molecular formula is C11H21N3O3. The number of amides is 1. The standard InChI is InChI=1S/C11H21N3O3/c1-11(2,3)17-6-8(15)13-9(7-4-5-7)10(12)14-16/h7,9,16H,4-6H2,1-3H3,(H2,12,14)(H,13,15). The predicted molar refractivity (Wildman–Crippen MR) is 63.8 cm³/mol. The van der Waals surface area contributed by atoms with Gasteiger partial charge in [0.25, 0.3) is 0 Å². The smallest absolute Gasteiger partial charge is 0.246 e. The molecule has 0 bridgehead atoms. The first-order valence-electron chi connectivity index (χ1n) is 5.74. The van der Waals surface area contributed by atoms with E-state index in [1.54, 1.807) is 0 Å². The maximum Gasteiger partial charge on any atom is 0.246 e. The molecule has 0 saturated heterocycles. The minimum atomic E-state index is -0.379. The zero-order valence-electron chi connectivity index (χ0n) is 10.6. The SMILES string of the molecule is CC(C)(C)OCC(=O)NC(C(N)=NO)C1CC1. The van der Waals surface area contributed by atoms with E-state index in [0.717, 1.165) is 12.8 Å². The fraction of sp³-hybridized carbons (Fsp3) is 0.818. The number of amidine groups is 1. The van der Waals surface area contributed by atoms with Crippen LogP contribution in [-0.4, -0.2) is 35.2 Å². The fourth-order valence-corrected chi connectivity index (χ4v) is 1.42. The van der Waals surface area contributed by atoms with Crippen LogP contribution in [0.15, 0.2) is 5.16 Å². The molecule has 6 nitrogen and oxygen atoms in total. The predicted octanol–water partition coefficient (Wildman–Crippen LogP) is 0.443. The molecule has 0 aliphatic heterocycles. The average Bonchev–Trinajstić information content (AvgIpc) is 3.04. The maximum absolute atomic E-state index is 11.6. The molecule has 1 atom stereocenters. The summed E-state index contributed by atoms with van der Waals surface area (Å²) in [6, 6.07) is -0.379. The van der Waals surface area contributed by atoms with Crippen molar-refractivity contribution in [2.24, 2.45) is 16.8 Å². The van der Waals surface area contributed by atoms with Crippen LogP contribution in [0.5, 0.6) is 0 Å². The molecule has 1 amide bonds. The second kappa shape index (κ2) is 5.35. The Hall–Kier alpha value is -1.30.